The number of hydrogen-bond acceptors (Lipinski definition) is 9. The number of nitrogens with one attached hydrogen (secondary N) is 1. The number of phenolic OH excluding ortho intramolecular Hbond substituents is 1. The summed E-state index contributed by atoms with van der Waals surface area (Å²) in [5, 5.41) is 23.6. The Morgan fingerprint density at radius 3 is 2.88 bits per heavy atom. The van der Waals surface area contributed by atoms with E-state index in [2.05, 4.69) is 25.5 Å². The molecule has 2 N–H and O–H groups in total. The highest BCUT2D eigenvalue weighted by Gasteiger charge is 2.53. The number of rotatable bonds is 4. The molecule has 3 aromatic rings. The van der Waals surface area contributed by atoms with E-state index in [9.17, 15) is 9.90 Å². The molecule has 2 aliphatic heterocycles. The highest BCUT2D eigenvalue weighted by molar-refractivity contribution is 7.18. The van der Waals surface area contributed by atoms with Crippen molar-refractivity contribution in [2.45, 2.75) is 37.5 Å². The van der Waals surface area contributed by atoms with Gasteiger partial charge >= 0.3 is 5.69 Å². The monoisotopic (exact) mass is 457 g/mol. The van der Waals surface area contributed by atoms with Crippen molar-refractivity contribution >= 4 is 16.5 Å². The number of piperidine rings is 2. The van der Waals surface area contributed by atoms with Crippen molar-refractivity contribution in [2.24, 2.45) is 13.0 Å². The van der Waals surface area contributed by atoms with Gasteiger partial charge in [-0.05, 0) is 37.8 Å². The van der Waals surface area contributed by atoms with Crippen molar-refractivity contribution in [3.63, 3.8) is 0 Å². The van der Waals surface area contributed by atoms with Crippen molar-refractivity contribution in [3.8, 4) is 27.7 Å². The SMILES string of the molecule is CN(c1nnc(-c2ccc(-c3ncn(C)c(=O)n3)cc2O)s1)[C@@H]1C2CC[C@@](C)(NC2)[C@H]1F. The van der Waals surface area contributed by atoms with Crippen LogP contribution in [0, 0.1) is 5.92 Å². The highest BCUT2D eigenvalue weighted by Crippen LogP contribution is 2.43. The highest BCUT2D eigenvalue weighted by atomic mass is 32.1. The maximum absolute atomic E-state index is 15.3. The summed E-state index contributed by atoms with van der Waals surface area (Å²) in [5.41, 5.74) is 0.0906. The van der Waals surface area contributed by atoms with Gasteiger partial charge in [-0.25, -0.2) is 14.2 Å². The summed E-state index contributed by atoms with van der Waals surface area (Å²) in [4.78, 5) is 21.7. The number of hydrogen-bond donors (Lipinski definition) is 2. The van der Waals surface area contributed by atoms with Gasteiger partial charge in [0.05, 0.1) is 11.6 Å². The van der Waals surface area contributed by atoms with Gasteiger partial charge in [-0.15, -0.1) is 10.2 Å². The van der Waals surface area contributed by atoms with Crippen LogP contribution >= 0.6 is 11.3 Å². The molecule has 0 spiro atoms. The smallest absolute Gasteiger partial charge is 0.350 e. The van der Waals surface area contributed by atoms with Crippen LogP contribution in [-0.2, 0) is 7.05 Å². The molecule has 32 heavy (non-hydrogen) atoms. The maximum atomic E-state index is 15.3. The third-order valence-electron chi connectivity index (χ3n) is 6.70. The van der Waals surface area contributed by atoms with Gasteiger partial charge in [0.25, 0.3) is 0 Å². The number of halogens is 1. The Morgan fingerprint density at radius 2 is 2.19 bits per heavy atom. The minimum atomic E-state index is -1.00. The second-order valence-corrected chi connectivity index (χ2v) is 9.75. The molecule has 1 unspecified atom stereocenters. The Labute approximate surface area is 188 Å². The number of benzene rings is 1. The molecule has 168 valence electrons. The van der Waals surface area contributed by atoms with E-state index in [1.54, 1.807) is 19.2 Å². The van der Waals surface area contributed by atoms with E-state index in [1.165, 1.54) is 28.3 Å². The maximum Gasteiger partial charge on any atom is 0.350 e. The van der Waals surface area contributed by atoms with E-state index < -0.39 is 17.4 Å². The first-order chi connectivity index (χ1) is 15.3. The van der Waals surface area contributed by atoms with E-state index in [-0.39, 0.29) is 23.5 Å². The Hall–Kier alpha value is -2.92. The lowest BCUT2D eigenvalue weighted by Gasteiger charge is -2.54. The fraction of sp³-hybridized carbons (Fsp3) is 0.476. The Balaban J connectivity index is 1.41. The summed E-state index contributed by atoms with van der Waals surface area (Å²) in [5.74, 6) is 0.431. The number of aromatic hydroxyl groups is 1. The van der Waals surface area contributed by atoms with E-state index in [4.69, 9.17) is 0 Å². The fourth-order valence-corrected chi connectivity index (χ4v) is 5.55. The van der Waals surface area contributed by atoms with E-state index >= 15 is 4.39 Å². The van der Waals surface area contributed by atoms with Crippen LogP contribution in [0.1, 0.15) is 19.8 Å². The number of alkyl halides is 1. The number of phenols is 1. The molecule has 11 heteroatoms. The van der Waals surface area contributed by atoms with Gasteiger partial charge in [0.2, 0.25) is 5.13 Å². The Bertz CT molecular complexity index is 1220. The number of fused-ring (bicyclic) bond motifs is 3. The van der Waals surface area contributed by atoms with Crippen molar-refractivity contribution < 1.29 is 9.50 Å². The molecule has 2 aromatic heterocycles. The van der Waals surface area contributed by atoms with Crippen LogP contribution in [0.5, 0.6) is 5.75 Å². The van der Waals surface area contributed by atoms with Crippen LogP contribution in [0.2, 0.25) is 0 Å². The number of anilines is 1. The predicted octanol–water partition coefficient (Wildman–Crippen LogP) is 1.98. The second kappa shape index (κ2) is 7.59. The predicted molar refractivity (Wildman–Crippen MR) is 119 cm³/mol. The number of nitrogens with zero attached hydrogens (tertiary/aromatic N) is 6. The molecule has 0 radical (unpaired) electrons. The lowest BCUT2D eigenvalue weighted by atomic mass is 9.68. The third kappa shape index (κ3) is 3.36. The summed E-state index contributed by atoms with van der Waals surface area (Å²) in [7, 11) is 3.43. The molecule has 1 saturated carbocycles. The van der Waals surface area contributed by atoms with Gasteiger partial charge in [0, 0.05) is 31.7 Å². The van der Waals surface area contributed by atoms with Gasteiger partial charge in [-0.2, -0.15) is 4.98 Å². The molecule has 3 aliphatic rings. The van der Waals surface area contributed by atoms with Crippen LogP contribution in [0.4, 0.5) is 9.52 Å². The molecule has 4 heterocycles. The zero-order chi connectivity index (χ0) is 22.6. The molecular formula is C21H24FN7O2S. The average molecular weight is 458 g/mol. The summed E-state index contributed by atoms with van der Waals surface area (Å²) in [6.07, 6.45) is 2.20. The summed E-state index contributed by atoms with van der Waals surface area (Å²) < 4.78 is 16.6. The van der Waals surface area contributed by atoms with Crippen LogP contribution < -0.4 is 15.9 Å². The van der Waals surface area contributed by atoms with Gasteiger partial charge in [0.1, 0.15) is 18.2 Å². The van der Waals surface area contributed by atoms with Crippen molar-refractivity contribution in [1.82, 2.24) is 30.0 Å². The Kier molecular flexibility index (Phi) is 4.97. The molecule has 4 atom stereocenters. The zero-order valence-corrected chi connectivity index (χ0v) is 18.8. The van der Waals surface area contributed by atoms with Crippen molar-refractivity contribution in [3.05, 3.63) is 35.0 Å². The van der Waals surface area contributed by atoms with Gasteiger partial charge in [0.15, 0.2) is 10.8 Å². The topological polar surface area (TPSA) is 109 Å². The van der Waals surface area contributed by atoms with Crippen molar-refractivity contribution in [1.29, 1.82) is 0 Å². The molecule has 0 amide bonds. The molecule has 3 fully saturated rings. The largest absolute Gasteiger partial charge is 0.507 e. The third-order valence-corrected chi connectivity index (χ3v) is 7.75. The first-order valence-electron chi connectivity index (χ1n) is 10.5. The molecule has 2 bridgehead atoms. The quantitative estimate of drug-likeness (QED) is 0.612. The molecule has 6 rings (SSSR count). The van der Waals surface area contributed by atoms with E-state index in [1.807, 2.05) is 18.9 Å². The van der Waals surface area contributed by atoms with E-state index in [0.717, 1.165) is 19.4 Å². The lowest BCUT2D eigenvalue weighted by Crippen LogP contribution is -2.70. The number of aryl methyl sites for hydroxylation is 1. The summed E-state index contributed by atoms with van der Waals surface area (Å²) in [6, 6.07) is 4.66. The molecule has 9 nitrogen and oxygen atoms in total. The number of aromatic nitrogens is 5. The minimum absolute atomic E-state index is 0.0195. The molecule has 2 saturated heterocycles. The van der Waals surface area contributed by atoms with Crippen LogP contribution in [-0.4, -0.2) is 61.2 Å². The van der Waals surface area contributed by atoms with Gasteiger partial charge in [-0.1, -0.05) is 17.4 Å². The average Bonchev–Trinajstić information content (AvgIpc) is 3.26. The summed E-state index contributed by atoms with van der Waals surface area (Å²) in [6.45, 7) is 2.75. The summed E-state index contributed by atoms with van der Waals surface area (Å²) >= 11 is 1.31. The Morgan fingerprint density at radius 1 is 1.38 bits per heavy atom. The van der Waals surface area contributed by atoms with Crippen molar-refractivity contribution in [2.75, 3.05) is 18.5 Å². The molecule has 1 aromatic carbocycles. The lowest BCUT2D eigenvalue weighted by molar-refractivity contribution is 0.0105. The first kappa shape index (κ1) is 21.0. The molecular weight excluding hydrogens is 433 g/mol. The fourth-order valence-electron chi connectivity index (χ4n) is 4.67. The standard InChI is InChI=1S/C21H24FN7O2S/c1-21-7-6-12(9-24-21)15(16(21)22)29(3)20-27-26-18(32-20)13-5-4-11(8-14(13)30)17-23-10-28(2)19(31)25-17/h4-5,8,10,12,15-16,24,30H,6-7,9H2,1-3H3/t12?,15-,16+,21-/m1/s1. The second-order valence-electron chi connectivity index (χ2n) is 8.80. The molecule has 1 aliphatic carbocycles. The minimum Gasteiger partial charge on any atom is -0.507 e. The normalized spacial score (nSPS) is 26.9. The van der Waals surface area contributed by atoms with E-state index in [0.29, 0.717) is 21.3 Å². The zero-order valence-electron chi connectivity index (χ0n) is 18.0. The van der Waals surface area contributed by atoms with Crippen LogP contribution in [0.3, 0.4) is 0 Å². The first-order valence-corrected chi connectivity index (χ1v) is 11.3. The van der Waals surface area contributed by atoms with Crippen LogP contribution in [0.25, 0.3) is 22.0 Å². The van der Waals surface area contributed by atoms with Gasteiger partial charge in [-0.3, -0.25) is 4.57 Å². The van der Waals surface area contributed by atoms with Crippen LogP contribution in [0.15, 0.2) is 29.3 Å². The van der Waals surface area contributed by atoms with Gasteiger partial charge < -0.3 is 15.3 Å².